The van der Waals surface area contributed by atoms with Crippen LogP contribution in [0.1, 0.15) is 0 Å². The van der Waals surface area contributed by atoms with Gasteiger partial charge in [-0.1, -0.05) is 0 Å². The van der Waals surface area contributed by atoms with Gasteiger partial charge in [-0.15, -0.1) is 0 Å². The number of carbonyl (C=O) groups is 2. The molecule has 0 bridgehead atoms. The fraction of sp³-hybridized carbons (Fsp3) is 0.333. The Bertz CT molecular complexity index is 872. The molecule has 1 aromatic carbocycles. The molecular formula is C21H22O10. The van der Waals surface area contributed by atoms with Crippen molar-refractivity contribution in [3.05, 3.63) is 60.7 Å². The van der Waals surface area contributed by atoms with E-state index in [9.17, 15) is 35.1 Å². The van der Waals surface area contributed by atoms with Gasteiger partial charge in [0.1, 0.15) is 48.1 Å². The fourth-order valence-electron chi connectivity index (χ4n) is 2.88. The van der Waals surface area contributed by atoms with Crippen LogP contribution in [0.5, 0.6) is 11.5 Å². The van der Waals surface area contributed by atoms with Gasteiger partial charge in [-0.3, -0.25) is 4.79 Å². The normalized spacial score (nSPS) is 29.8. The summed E-state index contributed by atoms with van der Waals surface area (Å²) in [4.78, 5) is 23.1. The van der Waals surface area contributed by atoms with Gasteiger partial charge in [-0.2, -0.15) is 0 Å². The lowest BCUT2D eigenvalue weighted by atomic mass is 9.97. The third-order valence-electron chi connectivity index (χ3n) is 4.66. The molecule has 1 aliphatic carbocycles. The van der Waals surface area contributed by atoms with Crippen LogP contribution in [0.25, 0.3) is 0 Å². The lowest BCUT2D eigenvalue weighted by Gasteiger charge is -2.39. The zero-order valence-corrected chi connectivity index (χ0v) is 16.1. The maximum atomic E-state index is 12.0. The van der Waals surface area contributed by atoms with E-state index in [0.717, 1.165) is 24.3 Å². The Morgan fingerprint density at radius 1 is 1.06 bits per heavy atom. The number of esters is 1. The molecule has 5 N–H and O–H groups in total. The quantitative estimate of drug-likeness (QED) is 0.280. The minimum atomic E-state index is -1.63. The van der Waals surface area contributed by atoms with Gasteiger partial charge in [0.25, 0.3) is 0 Å². The summed E-state index contributed by atoms with van der Waals surface area (Å²) in [5.74, 6) is -0.945. The van der Waals surface area contributed by atoms with Crippen molar-refractivity contribution in [2.75, 3.05) is 6.61 Å². The Labute approximate surface area is 176 Å². The standard InChI is InChI=1S/C21H22O10/c22-12-1-3-14(4-2-12)30-20-19(27)18(26)17(25)15(31-20)11-29-16(24)7-10-21(28)8-5-13(23)6-9-21/h1-10,15,17-20,22,25-28H,11H2/b10-7+/t15-,17-,18+,19-,20+/m1/s1. The van der Waals surface area contributed by atoms with E-state index in [4.69, 9.17) is 14.2 Å². The summed E-state index contributed by atoms with van der Waals surface area (Å²) in [6.45, 7) is -0.480. The first-order valence-corrected chi connectivity index (χ1v) is 9.33. The number of hydrogen-bond donors (Lipinski definition) is 5. The summed E-state index contributed by atoms with van der Waals surface area (Å²) in [5.41, 5.74) is -1.61. The zero-order chi connectivity index (χ0) is 22.6. The van der Waals surface area contributed by atoms with Crippen molar-refractivity contribution in [2.24, 2.45) is 0 Å². The third-order valence-corrected chi connectivity index (χ3v) is 4.66. The second-order valence-electron chi connectivity index (χ2n) is 7.05. The first-order chi connectivity index (χ1) is 14.7. The van der Waals surface area contributed by atoms with Crippen LogP contribution in [-0.4, -0.2) is 80.2 Å². The smallest absolute Gasteiger partial charge is 0.330 e. The Morgan fingerprint density at radius 3 is 2.35 bits per heavy atom. The number of aromatic hydroxyl groups is 1. The zero-order valence-electron chi connectivity index (χ0n) is 16.1. The average Bonchev–Trinajstić information content (AvgIpc) is 2.75. The number of phenols is 1. The summed E-state index contributed by atoms with van der Waals surface area (Å²) in [5, 5.41) is 49.8. The predicted octanol–water partition coefficient (Wildman–Crippen LogP) is -0.896. The van der Waals surface area contributed by atoms with Crippen molar-refractivity contribution in [1.82, 2.24) is 0 Å². The van der Waals surface area contributed by atoms with Gasteiger partial charge in [0, 0.05) is 6.08 Å². The number of ether oxygens (including phenoxy) is 3. The van der Waals surface area contributed by atoms with Crippen LogP contribution >= 0.6 is 0 Å². The molecule has 3 rings (SSSR count). The van der Waals surface area contributed by atoms with Crippen molar-refractivity contribution in [2.45, 2.75) is 36.3 Å². The average molecular weight is 434 g/mol. The summed E-state index contributed by atoms with van der Waals surface area (Å²) in [6, 6.07) is 5.52. The predicted molar refractivity (Wildman–Crippen MR) is 104 cm³/mol. The van der Waals surface area contributed by atoms with Crippen LogP contribution in [0.3, 0.4) is 0 Å². The van der Waals surface area contributed by atoms with Crippen LogP contribution in [-0.2, 0) is 19.1 Å². The van der Waals surface area contributed by atoms with Crippen molar-refractivity contribution in [3.63, 3.8) is 0 Å². The van der Waals surface area contributed by atoms with Crippen LogP contribution in [0.4, 0.5) is 0 Å². The van der Waals surface area contributed by atoms with Gasteiger partial charge in [0.05, 0.1) is 0 Å². The van der Waals surface area contributed by atoms with E-state index in [0.29, 0.717) is 0 Å². The molecule has 0 amide bonds. The Hall–Kier alpha value is -3.02. The molecule has 0 radical (unpaired) electrons. The van der Waals surface area contributed by atoms with Gasteiger partial charge >= 0.3 is 5.97 Å². The third kappa shape index (κ3) is 5.78. The monoisotopic (exact) mass is 434 g/mol. The molecule has 31 heavy (non-hydrogen) atoms. The molecule has 0 saturated carbocycles. The molecule has 1 fully saturated rings. The first kappa shape index (κ1) is 22.7. The maximum absolute atomic E-state index is 12.0. The van der Waals surface area contributed by atoms with E-state index >= 15 is 0 Å². The highest BCUT2D eigenvalue weighted by molar-refractivity contribution is 6.00. The van der Waals surface area contributed by atoms with Gasteiger partial charge < -0.3 is 39.7 Å². The van der Waals surface area contributed by atoms with E-state index in [2.05, 4.69) is 0 Å². The van der Waals surface area contributed by atoms with Crippen molar-refractivity contribution < 1.29 is 49.3 Å². The number of phenolic OH excluding ortho intramolecular Hbond substituents is 1. The Morgan fingerprint density at radius 2 is 1.71 bits per heavy atom. The highest BCUT2D eigenvalue weighted by atomic mass is 16.7. The van der Waals surface area contributed by atoms with Crippen molar-refractivity contribution in [3.8, 4) is 11.5 Å². The molecule has 10 heteroatoms. The fourth-order valence-corrected chi connectivity index (χ4v) is 2.88. The number of carbonyl (C=O) groups excluding carboxylic acids is 2. The topological polar surface area (TPSA) is 163 Å². The van der Waals surface area contributed by atoms with Crippen molar-refractivity contribution in [1.29, 1.82) is 0 Å². The Kier molecular flexibility index (Phi) is 6.88. The molecule has 2 aliphatic rings. The van der Waals surface area contributed by atoms with E-state index in [1.54, 1.807) is 0 Å². The summed E-state index contributed by atoms with van der Waals surface area (Å²) in [7, 11) is 0. The lowest BCUT2D eigenvalue weighted by Crippen LogP contribution is -2.60. The van der Waals surface area contributed by atoms with E-state index < -0.39 is 48.9 Å². The summed E-state index contributed by atoms with van der Waals surface area (Å²) in [6.07, 6.45) is -0.601. The largest absolute Gasteiger partial charge is 0.508 e. The lowest BCUT2D eigenvalue weighted by molar-refractivity contribution is -0.278. The molecule has 0 aromatic heterocycles. The summed E-state index contributed by atoms with van der Waals surface area (Å²) >= 11 is 0. The number of aliphatic hydroxyl groups excluding tert-OH is 3. The maximum Gasteiger partial charge on any atom is 0.330 e. The second-order valence-corrected chi connectivity index (χ2v) is 7.05. The Balaban J connectivity index is 1.58. The number of hydrogen-bond acceptors (Lipinski definition) is 10. The van der Waals surface area contributed by atoms with Gasteiger partial charge in [-0.05, 0) is 54.6 Å². The van der Waals surface area contributed by atoms with Crippen LogP contribution < -0.4 is 4.74 Å². The van der Waals surface area contributed by atoms with Crippen LogP contribution in [0, 0.1) is 0 Å². The van der Waals surface area contributed by atoms with E-state index in [1.807, 2.05) is 0 Å². The number of allylic oxidation sites excluding steroid dienone is 2. The first-order valence-electron chi connectivity index (χ1n) is 9.33. The van der Waals surface area contributed by atoms with Crippen LogP contribution in [0.15, 0.2) is 60.7 Å². The molecule has 10 nitrogen and oxygen atoms in total. The van der Waals surface area contributed by atoms with Gasteiger partial charge in [0.2, 0.25) is 6.29 Å². The molecule has 0 spiro atoms. The molecule has 166 valence electrons. The molecular weight excluding hydrogens is 412 g/mol. The molecule has 1 heterocycles. The minimum absolute atomic E-state index is 0.00114. The minimum Gasteiger partial charge on any atom is -0.508 e. The van der Waals surface area contributed by atoms with E-state index in [1.165, 1.54) is 36.4 Å². The SMILES string of the molecule is O=C1C=CC(O)(/C=C/C(=O)OC[C@H]2O[C@H](Oc3ccc(O)cc3)[C@H](O)[C@@H](O)[C@@H]2O)C=C1. The van der Waals surface area contributed by atoms with Crippen molar-refractivity contribution >= 4 is 11.8 Å². The number of rotatable bonds is 6. The second kappa shape index (κ2) is 9.41. The van der Waals surface area contributed by atoms with Gasteiger partial charge in [0.15, 0.2) is 5.78 Å². The highest BCUT2D eigenvalue weighted by Crippen LogP contribution is 2.25. The number of aliphatic hydroxyl groups is 4. The molecule has 0 unspecified atom stereocenters. The highest BCUT2D eigenvalue weighted by Gasteiger charge is 2.45. The molecule has 1 aromatic rings. The van der Waals surface area contributed by atoms with Crippen LogP contribution in [0.2, 0.25) is 0 Å². The van der Waals surface area contributed by atoms with E-state index in [-0.39, 0.29) is 17.3 Å². The van der Waals surface area contributed by atoms with Gasteiger partial charge in [-0.25, -0.2) is 4.79 Å². The number of benzene rings is 1. The summed E-state index contributed by atoms with van der Waals surface area (Å²) < 4.78 is 15.9. The molecule has 1 saturated heterocycles. The number of ketones is 1. The molecule has 5 atom stereocenters. The molecule has 1 aliphatic heterocycles.